The van der Waals surface area contributed by atoms with Gasteiger partial charge in [-0.05, 0) is 26.8 Å². The molecule has 1 heterocycles. The normalized spacial score (nSPS) is 11.9. The number of ether oxygens (including phenoxy) is 2. The van der Waals surface area contributed by atoms with Crippen LogP contribution in [0.25, 0.3) is 11.0 Å². The molecule has 1 aromatic carbocycles. The van der Waals surface area contributed by atoms with Gasteiger partial charge in [0.25, 0.3) is 0 Å². The summed E-state index contributed by atoms with van der Waals surface area (Å²) in [6, 6.07) is 7.46. The van der Waals surface area contributed by atoms with Gasteiger partial charge in [-0.2, -0.15) is 0 Å². The lowest BCUT2D eigenvalue weighted by molar-refractivity contribution is -0.0324. The van der Waals surface area contributed by atoms with Gasteiger partial charge in [-0.15, -0.1) is 0 Å². The van der Waals surface area contributed by atoms with E-state index in [-0.39, 0.29) is 18.0 Å². The van der Waals surface area contributed by atoms with E-state index in [0.717, 1.165) is 5.39 Å². The monoisotopic (exact) mass is 276 g/mol. The van der Waals surface area contributed by atoms with E-state index >= 15 is 0 Å². The number of rotatable bonds is 6. The van der Waals surface area contributed by atoms with Crippen LogP contribution >= 0.6 is 0 Å². The zero-order valence-corrected chi connectivity index (χ0v) is 12.1. The fourth-order valence-electron chi connectivity index (χ4n) is 1.84. The Labute approximate surface area is 118 Å². The van der Waals surface area contributed by atoms with E-state index in [4.69, 9.17) is 13.9 Å². The molecule has 0 aliphatic heterocycles. The fourth-order valence-corrected chi connectivity index (χ4v) is 1.84. The molecule has 0 atom stereocenters. The van der Waals surface area contributed by atoms with Crippen LogP contribution in [0, 0.1) is 0 Å². The summed E-state index contributed by atoms with van der Waals surface area (Å²) in [5, 5.41) is 0.826. The Kier molecular flexibility index (Phi) is 4.57. The van der Waals surface area contributed by atoms with E-state index in [1.54, 1.807) is 0 Å². The van der Waals surface area contributed by atoms with Crippen molar-refractivity contribution in [1.29, 1.82) is 0 Å². The molecule has 2 rings (SSSR count). The van der Waals surface area contributed by atoms with Crippen molar-refractivity contribution in [3.63, 3.8) is 0 Å². The van der Waals surface area contributed by atoms with Gasteiger partial charge in [0.1, 0.15) is 18.5 Å². The predicted molar refractivity (Wildman–Crippen MR) is 77.1 cm³/mol. The summed E-state index contributed by atoms with van der Waals surface area (Å²) in [6.45, 7) is 6.86. The molecule has 0 amide bonds. The zero-order valence-electron chi connectivity index (χ0n) is 12.1. The first-order valence-electron chi connectivity index (χ1n) is 6.68. The van der Waals surface area contributed by atoms with Crippen molar-refractivity contribution in [1.82, 2.24) is 0 Å². The van der Waals surface area contributed by atoms with Crippen molar-refractivity contribution in [3.8, 4) is 0 Å². The van der Waals surface area contributed by atoms with Crippen LogP contribution in [0.5, 0.6) is 0 Å². The lowest BCUT2D eigenvalue weighted by Gasteiger charge is -2.19. The summed E-state index contributed by atoms with van der Waals surface area (Å²) >= 11 is 0. The van der Waals surface area contributed by atoms with Crippen LogP contribution in [-0.2, 0) is 9.47 Å². The van der Waals surface area contributed by atoms with Crippen LogP contribution in [0.4, 0.5) is 0 Å². The van der Waals surface area contributed by atoms with Crippen LogP contribution in [0.3, 0.4) is 0 Å². The predicted octanol–water partition coefficient (Wildman–Crippen LogP) is 3.45. The Bertz CT molecular complexity index is 577. The number of para-hydroxylation sites is 1. The topological polar surface area (TPSA) is 48.7 Å². The van der Waals surface area contributed by atoms with Gasteiger partial charge in [0.2, 0.25) is 0 Å². The van der Waals surface area contributed by atoms with E-state index < -0.39 is 0 Å². The molecule has 0 saturated heterocycles. The van der Waals surface area contributed by atoms with Crippen molar-refractivity contribution >= 4 is 16.8 Å². The number of hydrogen-bond acceptors (Lipinski definition) is 4. The molecule has 0 N–H and O–H groups in total. The molecule has 2 aromatic rings. The Morgan fingerprint density at radius 1 is 1.20 bits per heavy atom. The Hall–Kier alpha value is -1.65. The van der Waals surface area contributed by atoms with Gasteiger partial charge >= 0.3 is 0 Å². The smallest absolute Gasteiger partial charge is 0.192 e. The van der Waals surface area contributed by atoms with Crippen LogP contribution in [0.2, 0.25) is 0 Å². The summed E-state index contributed by atoms with van der Waals surface area (Å²) in [4.78, 5) is 12.1. The number of hydrogen-bond donors (Lipinski definition) is 0. The SMILES string of the molecule is CC(C)(C)OCCOCC(=O)c1coc2ccccc12. The van der Waals surface area contributed by atoms with Crippen LogP contribution in [-0.4, -0.2) is 31.2 Å². The van der Waals surface area contributed by atoms with Gasteiger partial charge in [0.15, 0.2) is 5.78 Å². The number of benzene rings is 1. The molecular formula is C16H20O4. The van der Waals surface area contributed by atoms with Crippen LogP contribution in [0.1, 0.15) is 31.1 Å². The molecule has 20 heavy (non-hydrogen) atoms. The Balaban J connectivity index is 1.84. The van der Waals surface area contributed by atoms with E-state index in [2.05, 4.69) is 0 Å². The molecule has 0 aliphatic rings. The number of carbonyl (C=O) groups excluding carboxylic acids is 1. The molecule has 0 spiro atoms. The van der Waals surface area contributed by atoms with Crippen molar-refractivity contribution < 1.29 is 18.7 Å². The number of carbonyl (C=O) groups is 1. The molecule has 0 fully saturated rings. The van der Waals surface area contributed by atoms with Gasteiger partial charge < -0.3 is 13.9 Å². The van der Waals surface area contributed by atoms with Crippen LogP contribution < -0.4 is 0 Å². The second-order valence-electron chi connectivity index (χ2n) is 5.58. The first-order chi connectivity index (χ1) is 9.47. The first-order valence-corrected chi connectivity index (χ1v) is 6.68. The van der Waals surface area contributed by atoms with Crippen molar-refractivity contribution in [2.75, 3.05) is 19.8 Å². The van der Waals surface area contributed by atoms with E-state index in [1.165, 1.54) is 6.26 Å². The highest BCUT2D eigenvalue weighted by Crippen LogP contribution is 2.21. The van der Waals surface area contributed by atoms with Crippen molar-refractivity contribution in [2.45, 2.75) is 26.4 Å². The summed E-state index contributed by atoms with van der Waals surface area (Å²) in [7, 11) is 0. The quantitative estimate of drug-likeness (QED) is 0.599. The molecule has 108 valence electrons. The second-order valence-corrected chi connectivity index (χ2v) is 5.58. The van der Waals surface area contributed by atoms with Crippen molar-refractivity contribution in [2.24, 2.45) is 0 Å². The molecule has 1 aromatic heterocycles. The summed E-state index contributed by atoms with van der Waals surface area (Å²) in [5.41, 5.74) is 1.10. The average Bonchev–Trinajstić information content (AvgIpc) is 2.80. The summed E-state index contributed by atoms with van der Waals surface area (Å²) in [6.07, 6.45) is 1.49. The van der Waals surface area contributed by atoms with E-state index in [9.17, 15) is 4.79 Å². The fraction of sp³-hybridized carbons (Fsp3) is 0.438. The minimum atomic E-state index is -0.186. The molecule has 0 bridgehead atoms. The average molecular weight is 276 g/mol. The minimum Gasteiger partial charge on any atom is -0.464 e. The van der Waals surface area contributed by atoms with Gasteiger partial charge in [-0.25, -0.2) is 0 Å². The standard InChI is InChI=1S/C16H20O4/c1-16(2,3)20-9-8-18-11-14(17)13-10-19-15-7-5-4-6-12(13)15/h4-7,10H,8-9,11H2,1-3H3. The zero-order chi connectivity index (χ0) is 14.6. The highest BCUT2D eigenvalue weighted by Gasteiger charge is 2.14. The number of ketones is 1. The third kappa shape index (κ3) is 3.92. The molecule has 0 saturated carbocycles. The molecular weight excluding hydrogens is 256 g/mol. The maximum atomic E-state index is 12.1. The van der Waals surface area contributed by atoms with Gasteiger partial charge in [-0.3, -0.25) is 4.79 Å². The van der Waals surface area contributed by atoms with Gasteiger partial charge in [0, 0.05) is 5.39 Å². The molecule has 0 radical (unpaired) electrons. The molecule has 0 unspecified atom stereocenters. The van der Waals surface area contributed by atoms with E-state index in [1.807, 2.05) is 45.0 Å². The Morgan fingerprint density at radius 2 is 1.95 bits per heavy atom. The number of furan rings is 1. The highest BCUT2D eigenvalue weighted by atomic mass is 16.5. The maximum Gasteiger partial charge on any atom is 0.192 e. The maximum absolute atomic E-state index is 12.1. The second kappa shape index (κ2) is 6.20. The molecule has 0 aliphatic carbocycles. The summed E-state index contributed by atoms with van der Waals surface area (Å²) in [5.74, 6) is -0.0780. The molecule has 4 nitrogen and oxygen atoms in total. The number of Topliss-reactive ketones (excluding diaryl/α,β-unsaturated/α-hetero) is 1. The lowest BCUT2D eigenvalue weighted by atomic mass is 10.1. The first kappa shape index (κ1) is 14.8. The highest BCUT2D eigenvalue weighted by molar-refractivity contribution is 6.07. The largest absolute Gasteiger partial charge is 0.464 e. The summed E-state index contributed by atoms with van der Waals surface area (Å²) < 4.78 is 16.2. The van der Waals surface area contributed by atoms with Crippen molar-refractivity contribution in [3.05, 3.63) is 36.1 Å². The third-order valence-electron chi connectivity index (χ3n) is 2.78. The number of fused-ring (bicyclic) bond motifs is 1. The lowest BCUT2D eigenvalue weighted by Crippen LogP contribution is -2.22. The van der Waals surface area contributed by atoms with Gasteiger partial charge in [-0.1, -0.05) is 18.2 Å². The van der Waals surface area contributed by atoms with E-state index in [0.29, 0.717) is 24.4 Å². The third-order valence-corrected chi connectivity index (χ3v) is 2.78. The van der Waals surface area contributed by atoms with Gasteiger partial charge in [0.05, 0.1) is 24.4 Å². The molecule has 4 heteroatoms. The minimum absolute atomic E-state index is 0.0387. The van der Waals surface area contributed by atoms with Crippen LogP contribution in [0.15, 0.2) is 34.9 Å². The Morgan fingerprint density at radius 3 is 2.70 bits per heavy atom.